The van der Waals surface area contributed by atoms with E-state index in [1.165, 1.54) is 19.4 Å². The second kappa shape index (κ2) is 3.27. The van der Waals surface area contributed by atoms with Crippen molar-refractivity contribution in [3.8, 4) is 0 Å². The van der Waals surface area contributed by atoms with Crippen LogP contribution in [0.25, 0.3) is 0 Å². The van der Waals surface area contributed by atoms with Crippen molar-refractivity contribution in [1.29, 1.82) is 0 Å². The summed E-state index contributed by atoms with van der Waals surface area (Å²) in [4.78, 5) is 2.62. The summed E-state index contributed by atoms with van der Waals surface area (Å²) in [7, 11) is 2.32. The Balaban J connectivity index is 2.21. The molecule has 0 spiro atoms. The smallest absolute Gasteiger partial charge is 0.0149 e. The van der Waals surface area contributed by atoms with Gasteiger partial charge in [0, 0.05) is 12.6 Å². The summed E-state index contributed by atoms with van der Waals surface area (Å²) >= 11 is 0. The lowest BCUT2D eigenvalue weighted by Crippen LogP contribution is -2.58. The van der Waals surface area contributed by atoms with Crippen LogP contribution in [0.15, 0.2) is 0 Å². The summed E-state index contributed by atoms with van der Waals surface area (Å²) in [6.45, 7) is 8.64. The number of piperidine rings is 2. The van der Waals surface area contributed by atoms with Crippen LogP contribution in [0.4, 0.5) is 0 Å². The molecule has 1 heteroatoms. The van der Waals surface area contributed by atoms with E-state index in [2.05, 4.69) is 32.7 Å². The highest BCUT2D eigenvalue weighted by molar-refractivity contribution is 4.98. The maximum Gasteiger partial charge on any atom is 0.0149 e. The van der Waals surface area contributed by atoms with Gasteiger partial charge < -0.3 is 4.90 Å². The highest BCUT2D eigenvalue weighted by Gasteiger charge is 2.46. The maximum atomic E-state index is 2.62. The highest BCUT2D eigenvalue weighted by atomic mass is 15.2. The van der Waals surface area contributed by atoms with E-state index in [0.29, 0.717) is 0 Å². The molecule has 5 atom stereocenters. The minimum absolute atomic E-state index is 0.880. The Morgan fingerprint density at radius 3 is 2.46 bits per heavy atom. The average Bonchev–Trinajstić information content (AvgIpc) is 2.08. The summed E-state index contributed by atoms with van der Waals surface area (Å²) in [6.07, 6.45) is 2.85. The molecule has 2 aliphatic heterocycles. The lowest BCUT2D eigenvalue weighted by molar-refractivity contribution is -0.0616. The van der Waals surface area contributed by atoms with Gasteiger partial charge >= 0.3 is 0 Å². The van der Waals surface area contributed by atoms with E-state index in [4.69, 9.17) is 0 Å². The fourth-order valence-electron chi connectivity index (χ4n) is 4.02. The first-order valence-electron chi connectivity index (χ1n) is 5.85. The van der Waals surface area contributed by atoms with Gasteiger partial charge in [-0.05, 0) is 37.1 Å². The molecule has 1 nitrogen and oxygen atoms in total. The zero-order valence-electron chi connectivity index (χ0n) is 9.46. The summed E-state index contributed by atoms with van der Waals surface area (Å²) in [5, 5.41) is 0. The van der Waals surface area contributed by atoms with Crippen LogP contribution >= 0.6 is 0 Å². The van der Waals surface area contributed by atoms with Crippen molar-refractivity contribution in [3.63, 3.8) is 0 Å². The van der Waals surface area contributed by atoms with Crippen molar-refractivity contribution in [2.75, 3.05) is 13.6 Å². The SMILES string of the molecule is CCC1C(C)C2CC(C)C1N(C)C2. The molecule has 13 heavy (non-hydrogen) atoms. The Morgan fingerprint density at radius 1 is 1.31 bits per heavy atom. The van der Waals surface area contributed by atoms with Gasteiger partial charge in [-0.15, -0.1) is 0 Å². The van der Waals surface area contributed by atoms with Gasteiger partial charge in [-0.2, -0.15) is 0 Å². The highest BCUT2D eigenvalue weighted by Crippen LogP contribution is 2.46. The Hall–Kier alpha value is -0.0400. The van der Waals surface area contributed by atoms with E-state index in [0.717, 1.165) is 29.7 Å². The predicted molar refractivity (Wildman–Crippen MR) is 56.6 cm³/mol. The van der Waals surface area contributed by atoms with Crippen LogP contribution in [0.5, 0.6) is 0 Å². The summed E-state index contributed by atoms with van der Waals surface area (Å²) < 4.78 is 0. The number of nitrogens with zero attached hydrogens (tertiary/aromatic N) is 1. The quantitative estimate of drug-likeness (QED) is 0.601. The minimum Gasteiger partial charge on any atom is -0.303 e. The molecule has 0 amide bonds. The lowest BCUT2D eigenvalue weighted by atomic mass is 9.61. The van der Waals surface area contributed by atoms with Gasteiger partial charge in [0.25, 0.3) is 0 Å². The first-order valence-corrected chi connectivity index (χ1v) is 5.85. The third-order valence-corrected chi connectivity index (χ3v) is 4.62. The monoisotopic (exact) mass is 181 g/mol. The second-order valence-corrected chi connectivity index (χ2v) is 5.33. The van der Waals surface area contributed by atoms with E-state index < -0.39 is 0 Å². The third-order valence-electron chi connectivity index (χ3n) is 4.62. The zero-order valence-corrected chi connectivity index (χ0v) is 9.46. The van der Waals surface area contributed by atoms with Crippen molar-refractivity contribution in [1.82, 2.24) is 4.90 Å². The van der Waals surface area contributed by atoms with Gasteiger partial charge in [-0.25, -0.2) is 0 Å². The van der Waals surface area contributed by atoms with Gasteiger partial charge in [0.15, 0.2) is 0 Å². The van der Waals surface area contributed by atoms with Crippen LogP contribution in [-0.2, 0) is 0 Å². The summed E-state index contributed by atoms with van der Waals surface area (Å²) in [5.41, 5.74) is 0. The van der Waals surface area contributed by atoms with Crippen LogP contribution in [0.2, 0.25) is 0 Å². The minimum atomic E-state index is 0.880. The van der Waals surface area contributed by atoms with Crippen molar-refractivity contribution in [3.05, 3.63) is 0 Å². The molecule has 0 aromatic heterocycles. The molecule has 0 N–H and O–H groups in total. The maximum absolute atomic E-state index is 2.62. The number of hydrogen-bond acceptors (Lipinski definition) is 1. The van der Waals surface area contributed by atoms with Gasteiger partial charge in [0.1, 0.15) is 0 Å². The molecule has 0 radical (unpaired) electrons. The molecular weight excluding hydrogens is 158 g/mol. The van der Waals surface area contributed by atoms with E-state index in [9.17, 15) is 0 Å². The molecule has 3 aliphatic rings. The fraction of sp³-hybridized carbons (Fsp3) is 1.00. The molecule has 1 aliphatic carbocycles. The number of hydrogen-bond donors (Lipinski definition) is 0. The van der Waals surface area contributed by atoms with Crippen LogP contribution in [0.1, 0.15) is 33.6 Å². The van der Waals surface area contributed by atoms with E-state index in [-0.39, 0.29) is 0 Å². The van der Waals surface area contributed by atoms with E-state index in [1.807, 2.05) is 0 Å². The first kappa shape index (κ1) is 9.51. The molecule has 5 unspecified atom stereocenters. The van der Waals surface area contributed by atoms with Crippen LogP contribution < -0.4 is 0 Å². The van der Waals surface area contributed by atoms with Crippen LogP contribution in [-0.4, -0.2) is 24.5 Å². The Morgan fingerprint density at radius 2 is 2.00 bits per heavy atom. The van der Waals surface area contributed by atoms with E-state index in [1.54, 1.807) is 0 Å². The topological polar surface area (TPSA) is 3.24 Å². The Kier molecular flexibility index (Phi) is 2.39. The van der Waals surface area contributed by atoms with Gasteiger partial charge in [0.05, 0.1) is 0 Å². The average molecular weight is 181 g/mol. The van der Waals surface area contributed by atoms with E-state index >= 15 is 0 Å². The molecule has 2 heterocycles. The van der Waals surface area contributed by atoms with Crippen molar-refractivity contribution in [2.24, 2.45) is 23.7 Å². The molecule has 3 fully saturated rings. The molecule has 0 aromatic rings. The normalized spacial score (nSPS) is 51.2. The number of rotatable bonds is 1. The summed E-state index contributed by atoms with van der Waals surface area (Å²) in [5.74, 6) is 3.86. The van der Waals surface area contributed by atoms with Gasteiger partial charge in [-0.3, -0.25) is 0 Å². The molecule has 2 bridgehead atoms. The molecular formula is C12H23N. The molecule has 2 saturated heterocycles. The lowest BCUT2D eigenvalue weighted by Gasteiger charge is -2.55. The van der Waals surface area contributed by atoms with Crippen molar-refractivity contribution in [2.45, 2.75) is 39.7 Å². The standard InChI is InChI=1S/C12H23N/c1-5-11-9(3)10-6-8(2)12(11)13(4)7-10/h8-12H,5-7H2,1-4H3. The van der Waals surface area contributed by atoms with Gasteiger partial charge in [0.2, 0.25) is 0 Å². The molecule has 1 saturated carbocycles. The van der Waals surface area contributed by atoms with Crippen molar-refractivity contribution < 1.29 is 0 Å². The Bertz CT molecular complexity index is 178. The molecule has 76 valence electrons. The fourth-order valence-corrected chi connectivity index (χ4v) is 4.02. The molecule has 0 aromatic carbocycles. The summed E-state index contributed by atoms with van der Waals surface area (Å²) in [6, 6.07) is 0.880. The Labute approximate surface area is 82.5 Å². The van der Waals surface area contributed by atoms with Crippen LogP contribution in [0, 0.1) is 23.7 Å². The van der Waals surface area contributed by atoms with Crippen LogP contribution in [0.3, 0.4) is 0 Å². The second-order valence-electron chi connectivity index (χ2n) is 5.33. The largest absolute Gasteiger partial charge is 0.303 e. The third kappa shape index (κ3) is 1.32. The molecule has 3 rings (SSSR count). The first-order chi connectivity index (χ1) is 6.15. The van der Waals surface area contributed by atoms with Gasteiger partial charge in [-0.1, -0.05) is 27.2 Å². The predicted octanol–water partition coefficient (Wildman–Crippen LogP) is 2.62. The number of fused-ring (bicyclic) bond motifs is 3. The zero-order chi connectivity index (χ0) is 9.59. The van der Waals surface area contributed by atoms with Crippen molar-refractivity contribution >= 4 is 0 Å².